The molecular weight excluding hydrogens is 557 g/mol. The molecule has 0 fully saturated rings. The fraction of sp³-hybridized carbons (Fsp3) is 0.500. The molecule has 1 aromatic carbocycles. The first-order chi connectivity index (χ1) is 17.0. The van der Waals surface area contributed by atoms with Crippen LogP contribution in [-0.2, 0) is 9.47 Å². The number of hydrogen-bond acceptors (Lipinski definition) is 5. The molecule has 2 amide bonds. The zero-order chi connectivity index (χ0) is 29.9. The summed E-state index contributed by atoms with van der Waals surface area (Å²) >= 11 is 0. The van der Waals surface area contributed by atoms with Crippen molar-refractivity contribution in [2.75, 3.05) is 10.6 Å². The summed E-state index contributed by atoms with van der Waals surface area (Å²) in [5, 5.41) is 4.10. The Hall–Kier alpha value is -3.47. The van der Waals surface area contributed by atoms with Gasteiger partial charge in [-0.2, -0.15) is 48.3 Å². The number of ether oxygens (including phenoxy) is 3. The number of hydrogen-bond donors (Lipinski definition) is 2. The van der Waals surface area contributed by atoms with E-state index >= 15 is 0 Å². The number of rotatable bonds is 9. The van der Waals surface area contributed by atoms with Crippen LogP contribution in [0.4, 0.5) is 69.3 Å². The molecule has 1 aromatic rings. The van der Waals surface area contributed by atoms with E-state index < -0.39 is 71.6 Å². The number of nitrogens with one attached hydrogen (secondary N) is 2. The molecule has 0 unspecified atom stereocenters. The van der Waals surface area contributed by atoms with Crippen molar-refractivity contribution in [3.63, 3.8) is 0 Å². The third-order valence-corrected chi connectivity index (χ3v) is 3.95. The van der Waals surface area contributed by atoms with Gasteiger partial charge in [0.25, 0.3) is 0 Å². The number of amides is 2. The molecule has 2 N–H and O–H groups in total. The Labute approximate surface area is 206 Å². The molecule has 0 saturated carbocycles. The first kappa shape index (κ1) is 32.6. The zero-order valence-electron chi connectivity index (χ0n) is 19.6. The molecule has 7 nitrogen and oxygen atoms in total. The van der Waals surface area contributed by atoms with Gasteiger partial charge in [0.05, 0.1) is 23.6 Å². The lowest BCUT2D eigenvalue weighted by molar-refractivity contribution is -0.392. The molecule has 0 aliphatic carbocycles. The van der Waals surface area contributed by atoms with Gasteiger partial charge in [-0.05, 0) is 39.8 Å². The summed E-state index contributed by atoms with van der Waals surface area (Å²) in [6, 6.07) is -1.46. The highest BCUT2D eigenvalue weighted by atomic mass is 19.4. The lowest BCUT2D eigenvalue weighted by Crippen LogP contribution is -2.61. The van der Waals surface area contributed by atoms with E-state index in [1.807, 2.05) is 5.32 Å². The molecule has 0 aliphatic rings. The van der Waals surface area contributed by atoms with Crippen LogP contribution in [0, 0.1) is 0 Å². The maximum atomic E-state index is 14.0. The standard InChI is InChI=1S/C20H19F11N2O5/c1-8(2)36-15(34)32-11-6-5-10(7-12(11)33-16(35)37-9(3)4)38-14(22)13(21)17(23,24)18(25,26)19(27,28)20(29,30)31/h5-9H,1-4H3,(H,32,34)(H,33,35). The Balaban J connectivity index is 3.42. The van der Waals surface area contributed by atoms with Crippen LogP contribution in [0.15, 0.2) is 30.0 Å². The van der Waals surface area contributed by atoms with Gasteiger partial charge in [-0.3, -0.25) is 10.6 Å². The summed E-state index contributed by atoms with van der Waals surface area (Å²) in [4.78, 5) is 23.7. The first-order valence-corrected chi connectivity index (χ1v) is 10.1. The second kappa shape index (κ2) is 11.5. The van der Waals surface area contributed by atoms with E-state index in [1.165, 1.54) is 27.7 Å². The summed E-state index contributed by atoms with van der Waals surface area (Å²) < 4.78 is 158. The van der Waals surface area contributed by atoms with Gasteiger partial charge in [0.1, 0.15) is 5.75 Å². The molecular formula is C20H19F11N2O5. The fourth-order valence-electron chi connectivity index (χ4n) is 2.29. The zero-order valence-corrected chi connectivity index (χ0v) is 19.6. The number of alkyl halides is 9. The van der Waals surface area contributed by atoms with Crippen LogP contribution < -0.4 is 15.4 Å². The normalized spacial score (nSPS) is 13.7. The van der Waals surface area contributed by atoms with Crippen LogP contribution in [0.5, 0.6) is 5.75 Å². The topological polar surface area (TPSA) is 85.9 Å². The molecule has 0 aliphatic heterocycles. The number of carbonyl (C=O) groups excluding carboxylic acids is 2. The smallest absolute Gasteiger partial charge is 0.447 e. The third kappa shape index (κ3) is 7.31. The Kier molecular flexibility index (Phi) is 9.86. The van der Waals surface area contributed by atoms with Crippen molar-refractivity contribution in [2.24, 2.45) is 0 Å². The minimum absolute atomic E-state index is 0.338. The predicted octanol–water partition coefficient (Wildman–Crippen LogP) is 7.56. The van der Waals surface area contributed by atoms with Crippen LogP contribution in [0.25, 0.3) is 0 Å². The largest absolute Gasteiger partial charge is 0.460 e. The molecule has 0 radical (unpaired) electrons. The van der Waals surface area contributed by atoms with Gasteiger partial charge in [0.15, 0.2) is 0 Å². The van der Waals surface area contributed by atoms with Crippen LogP contribution in [-0.4, -0.2) is 48.3 Å². The maximum Gasteiger partial charge on any atom is 0.460 e. The summed E-state index contributed by atoms with van der Waals surface area (Å²) in [6.07, 6.45) is -10.9. The molecule has 0 aromatic heterocycles. The maximum absolute atomic E-state index is 14.0. The lowest BCUT2D eigenvalue weighted by Gasteiger charge is -2.32. The minimum Gasteiger partial charge on any atom is -0.447 e. The molecule has 0 heterocycles. The van der Waals surface area contributed by atoms with E-state index in [0.29, 0.717) is 12.1 Å². The van der Waals surface area contributed by atoms with Crippen molar-refractivity contribution in [1.82, 2.24) is 0 Å². The third-order valence-electron chi connectivity index (χ3n) is 3.95. The number of anilines is 2. The van der Waals surface area contributed by atoms with Crippen LogP contribution in [0.2, 0.25) is 0 Å². The van der Waals surface area contributed by atoms with E-state index in [-0.39, 0.29) is 5.69 Å². The second-order valence-electron chi connectivity index (χ2n) is 7.78. The van der Waals surface area contributed by atoms with Gasteiger partial charge in [-0.15, -0.1) is 0 Å². The number of halogens is 11. The summed E-state index contributed by atoms with van der Waals surface area (Å²) in [7, 11) is 0. The summed E-state index contributed by atoms with van der Waals surface area (Å²) in [6.45, 7) is 5.76. The van der Waals surface area contributed by atoms with Crippen molar-refractivity contribution in [2.45, 2.75) is 63.8 Å². The average Bonchev–Trinajstić information content (AvgIpc) is 2.72. The molecule has 0 saturated heterocycles. The fourth-order valence-corrected chi connectivity index (χ4v) is 2.29. The molecule has 38 heavy (non-hydrogen) atoms. The molecule has 0 atom stereocenters. The first-order valence-electron chi connectivity index (χ1n) is 10.1. The lowest BCUT2D eigenvalue weighted by atomic mass is 10.0. The van der Waals surface area contributed by atoms with Crippen molar-refractivity contribution in [3.8, 4) is 5.75 Å². The summed E-state index contributed by atoms with van der Waals surface area (Å²) in [5.41, 5.74) is -0.891. The van der Waals surface area contributed by atoms with Gasteiger partial charge in [-0.25, -0.2) is 9.59 Å². The highest BCUT2D eigenvalue weighted by molar-refractivity contribution is 5.95. The molecule has 18 heteroatoms. The molecule has 0 spiro atoms. The Bertz CT molecular complexity index is 1060. The van der Waals surface area contributed by atoms with Crippen molar-refractivity contribution < 1.29 is 72.1 Å². The van der Waals surface area contributed by atoms with Crippen molar-refractivity contribution in [1.29, 1.82) is 0 Å². The van der Waals surface area contributed by atoms with Crippen LogP contribution in [0.1, 0.15) is 27.7 Å². The highest BCUT2D eigenvalue weighted by Gasteiger charge is 2.83. The van der Waals surface area contributed by atoms with Crippen LogP contribution >= 0.6 is 0 Å². The van der Waals surface area contributed by atoms with E-state index in [2.05, 4.69) is 10.1 Å². The Morgan fingerprint density at radius 1 is 0.737 bits per heavy atom. The van der Waals surface area contributed by atoms with Crippen molar-refractivity contribution >= 4 is 23.6 Å². The Morgan fingerprint density at radius 3 is 1.61 bits per heavy atom. The highest BCUT2D eigenvalue weighted by Crippen LogP contribution is 2.55. The van der Waals surface area contributed by atoms with Gasteiger partial charge in [-0.1, -0.05) is 0 Å². The minimum atomic E-state index is -7.49. The van der Waals surface area contributed by atoms with Gasteiger partial charge >= 0.3 is 42.1 Å². The molecule has 0 bridgehead atoms. The van der Waals surface area contributed by atoms with Crippen LogP contribution in [0.3, 0.4) is 0 Å². The average molecular weight is 576 g/mol. The monoisotopic (exact) mass is 576 g/mol. The number of carbonyl (C=O) groups is 2. The number of allylic oxidation sites excluding steroid dienone is 1. The van der Waals surface area contributed by atoms with E-state index in [0.717, 1.165) is 6.07 Å². The predicted molar refractivity (Wildman–Crippen MR) is 108 cm³/mol. The number of benzene rings is 1. The molecule has 216 valence electrons. The van der Waals surface area contributed by atoms with Crippen molar-refractivity contribution in [3.05, 3.63) is 30.0 Å². The quantitative estimate of drug-likeness (QED) is 0.234. The van der Waals surface area contributed by atoms with E-state index in [1.54, 1.807) is 0 Å². The van der Waals surface area contributed by atoms with E-state index in [4.69, 9.17) is 9.47 Å². The SMILES string of the molecule is CC(C)OC(=O)Nc1ccc(OC(F)=C(F)C(F)(F)C(F)(F)C(F)(F)C(F)(F)F)cc1NC(=O)OC(C)C. The van der Waals surface area contributed by atoms with Gasteiger partial charge in [0, 0.05) is 6.07 Å². The van der Waals surface area contributed by atoms with E-state index in [9.17, 15) is 57.9 Å². The Morgan fingerprint density at radius 2 is 1.18 bits per heavy atom. The second-order valence-corrected chi connectivity index (χ2v) is 7.78. The molecule has 1 rings (SSSR count). The summed E-state index contributed by atoms with van der Waals surface area (Å²) in [5.74, 6) is -27.2. The van der Waals surface area contributed by atoms with Gasteiger partial charge in [0.2, 0.25) is 5.83 Å². The van der Waals surface area contributed by atoms with Gasteiger partial charge < -0.3 is 14.2 Å².